The van der Waals surface area contributed by atoms with Crippen molar-refractivity contribution in [3.63, 3.8) is 0 Å². The monoisotopic (exact) mass is 134 g/mol. The van der Waals surface area contributed by atoms with Crippen molar-refractivity contribution in [2.24, 2.45) is 0 Å². The van der Waals surface area contributed by atoms with Gasteiger partial charge in [0.2, 0.25) is 0 Å². The summed E-state index contributed by atoms with van der Waals surface area (Å²) in [6, 6.07) is 3.66. The average Bonchev–Trinajstić information content (AvgIpc) is 1.88. The molecule has 0 aromatic carbocycles. The van der Waals surface area contributed by atoms with E-state index in [0.29, 0.717) is 6.42 Å². The number of hydrogen-bond acceptors (Lipinski definition) is 2. The van der Waals surface area contributed by atoms with E-state index in [0.717, 1.165) is 5.56 Å². The Kier molecular flexibility index (Phi) is 2.15. The summed E-state index contributed by atoms with van der Waals surface area (Å²) in [6.45, 7) is 3.27. The molecule has 0 bridgehead atoms. The van der Waals surface area contributed by atoms with Crippen molar-refractivity contribution in [3.8, 4) is 0 Å². The summed E-state index contributed by atoms with van der Waals surface area (Å²) in [5, 5.41) is 0. The van der Waals surface area contributed by atoms with Crippen LogP contribution in [0.2, 0.25) is 0 Å². The fourth-order valence-corrected chi connectivity index (χ4v) is 0.730. The third kappa shape index (κ3) is 1.97. The third-order valence-corrected chi connectivity index (χ3v) is 1.12. The molecule has 0 aliphatic rings. The molecule has 2 nitrogen and oxygen atoms in total. The zero-order valence-electron chi connectivity index (χ0n) is 5.58. The minimum absolute atomic E-state index is 0.0759. The topological polar surface area (TPSA) is 30.0 Å². The van der Waals surface area contributed by atoms with Crippen LogP contribution in [0.1, 0.15) is 5.56 Å². The molecular formula is C8H8NO. The van der Waals surface area contributed by atoms with E-state index < -0.39 is 0 Å². The molecule has 1 rings (SSSR count). The molecule has 0 saturated carbocycles. The van der Waals surface area contributed by atoms with Gasteiger partial charge in [0.1, 0.15) is 5.78 Å². The van der Waals surface area contributed by atoms with Crippen LogP contribution in [0.5, 0.6) is 0 Å². The Balaban J connectivity index is 2.67. The smallest absolute Gasteiger partial charge is 0.137 e. The van der Waals surface area contributed by atoms with E-state index >= 15 is 0 Å². The van der Waals surface area contributed by atoms with Gasteiger partial charge in [0, 0.05) is 25.7 Å². The fourth-order valence-electron chi connectivity index (χ4n) is 0.730. The summed E-state index contributed by atoms with van der Waals surface area (Å²) < 4.78 is 0. The van der Waals surface area contributed by atoms with Crippen LogP contribution in [0.4, 0.5) is 0 Å². The zero-order chi connectivity index (χ0) is 7.40. The molecule has 0 spiro atoms. The Morgan fingerprint density at radius 3 is 3.00 bits per heavy atom. The molecule has 10 heavy (non-hydrogen) atoms. The molecule has 0 amide bonds. The third-order valence-electron chi connectivity index (χ3n) is 1.12. The summed E-state index contributed by atoms with van der Waals surface area (Å²) in [7, 11) is 0. The molecule has 0 atom stereocenters. The minimum atomic E-state index is -0.0759. The lowest BCUT2D eigenvalue weighted by Gasteiger charge is -1.92. The van der Waals surface area contributed by atoms with Crippen LogP contribution >= 0.6 is 0 Å². The molecule has 1 heterocycles. The molecule has 0 aliphatic heterocycles. The number of hydrogen-bond donors (Lipinski definition) is 0. The van der Waals surface area contributed by atoms with Gasteiger partial charge in [-0.25, -0.2) is 0 Å². The second kappa shape index (κ2) is 3.11. The number of carbonyl (C=O) groups is 1. The van der Waals surface area contributed by atoms with Gasteiger partial charge in [0.15, 0.2) is 0 Å². The number of pyridine rings is 1. The largest absolute Gasteiger partial charge is 0.299 e. The van der Waals surface area contributed by atoms with Crippen LogP contribution in [0.3, 0.4) is 0 Å². The summed E-state index contributed by atoms with van der Waals surface area (Å²) in [6.07, 6.45) is 3.73. The molecule has 0 N–H and O–H groups in total. The van der Waals surface area contributed by atoms with Gasteiger partial charge in [-0.3, -0.25) is 9.78 Å². The first-order valence-corrected chi connectivity index (χ1v) is 3.03. The summed E-state index contributed by atoms with van der Waals surface area (Å²) >= 11 is 0. The highest BCUT2D eigenvalue weighted by atomic mass is 16.1. The van der Waals surface area contributed by atoms with Crippen molar-refractivity contribution < 1.29 is 4.79 Å². The standard InChI is InChI=1S/C8H8NO/c1-7(10)5-8-3-2-4-9-6-8/h2-4,6H,1,5H2. The molecule has 0 unspecified atom stereocenters. The van der Waals surface area contributed by atoms with Crippen LogP contribution in [-0.2, 0) is 11.2 Å². The van der Waals surface area contributed by atoms with Crippen LogP contribution in [0.25, 0.3) is 0 Å². The lowest BCUT2D eigenvalue weighted by Crippen LogP contribution is -1.96. The highest BCUT2D eigenvalue weighted by molar-refractivity contribution is 5.84. The van der Waals surface area contributed by atoms with Gasteiger partial charge in [0.25, 0.3) is 0 Å². The van der Waals surface area contributed by atoms with Gasteiger partial charge in [0.05, 0.1) is 0 Å². The Bertz CT molecular complexity index is 218. The molecule has 0 saturated heterocycles. The predicted octanol–water partition coefficient (Wildman–Crippen LogP) is 1.03. The molecule has 2 heteroatoms. The number of carbonyl (C=O) groups excluding carboxylic acids is 1. The number of ketones is 1. The van der Waals surface area contributed by atoms with E-state index in [-0.39, 0.29) is 5.78 Å². The minimum Gasteiger partial charge on any atom is -0.299 e. The normalized spacial score (nSPS) is 9.30. The maximum absolute atomic E-state index is 10.5. The van der Waals surface area contributed by atoms with Crippen molar-refractivity contribution in [2.45, 2.75) is 6.42 Å². The van der Waals surface area contributed by atoms with Crippen LogP contribution in [-0.4, -0.2) is 10.8 Å². The van der Waals surface area contributed by atoms with Gasteiger partial charge < -0.3 is 0 Å². The predicted molar refractivity (Wildman–Crippen MR) is 38.3 cm³/mol. The number of aromatic nitrogens is 1. The Labute approximate surface area is 59.9 Å². The van der Waals surface area contributed by atoms with E-state index in [4.69, 9.17) is 0 Å². The van der Waals surface area contributed by atoms with Crippen molar-refractivity contribution in [1.82, 2.24) is 4.98 Å². The summed E-state index contributed by atoms with van der Waals surface area (Å²) in [4.78, 5) is 14.3. The van der Waals surface area contributed by atoms with Crippen LogP contribution in [0, 0.1) is 6.92 Å². The number of rotatable bonds is 2. The second-order valence-corrected chi connectivity index (χ2v) is 2.08. The highest BCUT2D eigenvalue weighted by Gasteiger charge is 1.94. The van der Waals surface area contributed by atoms with Gasteiger partial charge in [-0.05, 0) is 11.6 Å². The van der Waals surface area contributed by atoms with Gasteiger partial charge >= 0.3 is 0 Å². The Morgan fingerprint density at radius 1 is 1.70 bits per heavy atom. The van der Waals surface area contributed by atoms with Crippen molar-refractivity contribution in [2.75, 3.05) is 0 Å². The molecular weight excluding hydrogens is 126 g/mol. The van der Waals surface area contributed by atoms with Gasteiger partial charge in [-0.1, -0.05) is 6.07 Å². The van der Waals surface area contributed by atoms with Crippen LogP contribution < -0.4 is 0 Å². The molecule has 0 fully saturated rings. The second-order valence-electron chi connectivity index (χ2n) is 2.08. The zero-order valence-corrected chi connectivity index (χ0v) is 5.58. The van der Waals surface area contributed by atoms with Crippen molar-refractivity contribution in [3.05, 3.63) is 37.0 Å². The fraction of sp³-hybridized carbons (Fsp3) is 0.125. The number of Topliss-reactive ketones (excluding diaryl/α,β-unsaturated/α-hetero) is 1. The molecule has 0 aliphatic carbocycles. The summed E-state index contributed by atoms with van der Waals surface area (Å²) in [5.41, 5.74) is 0.919. The van der Waals surface area contributed by atoms with Gasteiger partial charge in [-0.15, -0.1) is 0 Å². The quantitative estimate of drug-likeness (QED) is 0.604. The first kappa shape index (κ1) is 6.93. The SMILES string of the molecule is [CH2]C(=O)Cc1cccnc1. The maximum atomic E-state index is 10.5. The molecule has 51 valence electrons. The molecule has 1 aromatic rings. The average molecular weight is 134 g/mol. The van der Waals surface area contributed by atoms with Crippen molar-refractivity contribution in [1.29, 1.82) is 0 Å². The van der Waals surface area contributed by atoms with E-state index in [1.807, 2.05) is 6.07 Å². The van der Waals surface area contributed by atoms with Gasteiger partial charge in [-0.2, -0.15) is 0 Å². The maximum Gasteiger partial charge on any atom is 0.137 e. The lowest BCUT2D eigenvalue weighted by atomic mass is 10.2. The van der Waals surface area contributed by atoms with Crippen molar-refractivity contribution >= 4 is 5.78 Å². The highest BCUT2D eigenvalue weighted by Crippen LogP contribution is 1.96. The lowest BCUT2D eigenvalue weighted by molar-refractivity contribution is -0.114. The first-order valence-electron chi connectivity index (χ1n) is 3.03. The first-order chi connectivity index (χ1) is 4.79. The van der Waals surface area contributed by atoms with E-state index in [1.54, 1.807) is 18.5 Å². The van der Waals surface area contributed by atoms with E-state index in [1.165, 1.54) is 0 Å². The number of nitrogens with zero attached hydrogens (tertiary/aromatic N) is 1. The van der Waals surface area contributed by atoms with Crippen LogP contribution in [0.15, 0.2) is 24.5 Å². The Hall–Kier alpha value is -1.18. The van der Waals surface area contributed by atoms with E-state index in [9.17, 15) is 4.79 Å². The summed E-state index contributed by atoms with van der Waals surface area (Å²) in [5.74, 6) is -0.0759. The van der Waals surface area contributed by atoms with E-state index in [2.05, 4.69) is 11.9 Å². The Morgan fingerprint density at radius 2 is 2.50 bits per heavy atom. The molecule has 1 aromatic heterocycles. The molecule has 1 radical (unpaired) electrons.